The molecule has 2 heterocycles. The van der Waals surface area contributed by atoms with Crippen molar-refractivity contribution in [2.45, 2.75) is 25.8 Å². The van der Waals surface area contributed by atoms with E-state index in [1.807, 2.05) is 18.4 Å². The molecular weight excluding hydrogens is 284 g/mol. The van der Waals surface area contributed by atoms with Gasteiger partial charge < -0.3 is 5.32 Å². The van der Waals surface area contributed by atoms with E-state index in [9.17, 15) is 13.2 Å². The van der Waals surface area contributed by atoms with Gasteiger partial charge in [0.2, 0.25) is 10.0 Å². The molecule has 19 heavy (non-hydrogen) atoms. The number of thiophene rings is 1. The van der Waals surface area contributed by atoms with Crippen molar-refractivity contribution in [2.24, 2.45) is 0 Å². The molecule has 1 N–H and O–H groups in total. The minimum absolute atomic E-state index is 0.0996. The first kappa shape index (κ1) is 14.5. The number of sulfonamides is 1. The minimum Gasteiger partial charge on any atom is -0.347 e. The molecule has 1 unspecified atom stereocenters. The number of piperidine rings is 1. The number of hydrogen-bond acceptors (Lipinski definition) is 4. The lowest BCUT2D eigenvalue weighted by Gasteiger charge is -2.31. The van der Waals surface area contributed by atoms with Gasteiger partial charge in [0, 0.05) is 19.1 Å². The van der Waals surface area contributed by atoms with E-state index >= 15 is 0 Å². The quantitative estimate of drug-likeness (QED) is 0.912. The van der Waals surface area contributed by atoms with E-state index in [1.165, 1.54) is 21.9 Å². The number of carbonyl (C=O) groups excluding carboxylic acids is 1. The number of hydrogen-bond donors (Lipinski definition) is 1. The highest BCUT2D eigenvalue weighted by molar-refractivity contribution is 7.88. The van der Waals surface area contributed by atoms with Crippen LogP contribution in [0.5, 0.6) is 0 Å². The summed E-state index contributed by atoms with van der Waals surface area (Å²) in [7, 11) is -3.17. The Morgan fingerprint density at radius 3 is 2.84 bits per heavy atom. The molecule has 0 bridgehead atoms. The Morgan fingerprint density at radius 2 is 2.26 bits per heavy atom. The van der Waals surface area contributed by atoms with E-state index in [0.717, 1.165) is 18.4 Å². The second-order valence-corrected chi connectivity index (χ2v) is 7.76. The number of amides is 1. The highest BCUT2D eigenvalue weighted by Crippen LogP contribution is 2.17. The van der Waals surface area contributed by atoms with Gasteiger partial charge in [-0.25, -0.2) is 12.7 Å². The molecule has 1 aromatic rings. The lowest BCUT2D eigenvalue weighted by molar-refractivity contribution is 0.0925. The average molecular weight is 302 g/mol. The molecule has 0 spiro atoms. The van der Waals surface area contributed by atoms with Gasteiger partial charge in [-0.15, -0.1) is 11.3 Å². The molecule has 1 atom stereocenters. The molecule has 1 fully saturated rings. The maximum atomic E-state index is 12.1. The molecule has 1 aliphatic rings. The molecule has 106 valence electrons. The molecule has 0 aliphatic carbocycles. The highest BCUT2D eigenvalue weighted by atomic mass is 32.2. The third kappa shape index (κ3) is 3.55. The van der Waals surface area contributed by atoms with Crippen LogP contribution in [0.4, 0.5) is 0 Å². The van der Waals surface area contributed by atoms with E-state index in [-0.39, 0.29) is 11.9 Å². The van der Waals surface area contributed by atoms with Crippen LogP contribution in [0.2, 0.25) is 0 Å². The van der Waals surface area contributed by atoms with E-state index in [0.29, 0.717) is 18.0 Å². The summed E-state index contributed by atoms with van der Waals surface area (Å²) in [5.74, 6) is -0.104. The molecule has 1 saturated heterocycles. The van der Waals surface area contributed by atoms with Crippen LogP contribution in [0, 0.1) is 6.92 Å². The van der Waals surface area contributed by atoms with E-state index in [1.54, 1.807) is 0 Å². The largest absolute Gasteiger partial charge is 0.347 e. The summed E-state index contributed by atoms with van der Waals surface area (Å²) in [6.45, 7) is 2.81. The van der Waals surface area contributed by atoms with Gasteiger partial charge in [-0.3, -0.25) is 4.79 Å². The zero-order chi connectivity index (χ0) is 14.0. The standard InChI is InChI=1S/C12H18N2O3S2/c1-9-5-7-18-11(9)12(15)13-10-4-3-6-14(8-10)19(2,16)17/h5,7,10H,3-4,6,8H2,1-2H3,(H,13,15). The summed E-state index contributed by atoms with van der Waals surface area (Å²) in [5, 5.41) is 4.81. The minimum atomic E-state index is -3.17. The molecule has 2 rings (SSSR count). The Morgan fingerprint density at radius 1 is 1.53 bits per heavy atom. The monoisotopic (exact) mass is 302 g/mol. The van der Waals surface area contributed by atoms with Crippen LogP contribution in [-0.4, -0.2) is 44.0 Å². The van der Waals surface area contributed by atoms with Crippen molar-refractivity contribution < 1.29 is 13.2 Å². The first-order chi connectivity index (χ1) is 8.88. The smallest absolute Gasteiger partial charge is 0.261 e. The molecular formula is C12H18N2O3S2. The van der Waals surface area contributed by atoms with Gasteiger partial charge in [0.1, 0.15) is 0 Å². The van der Waals surface area contributed by atoms with Crippen molar-refractivity contribution in [3.63, 3.8) is 0 Å². The summed E-state index contributed by atoms with van der Waals surface area (Å²) in [6.07, 6.45) is 2.81. The molecule has 1 aromatic heterocycles. The van der Waals surface area contributed by atoms with Crippen LogP contribution < -0.4 is 5.32 Å². The number of carbonyl (C=O) groups is 1. The summed E-state index contributed by atoms with van der Waals surface area (Å²) in [6, 6.07) is 1.81. The van der Waals surface area contributed by atoms with Crippen LogP contribution in [0.25, 0.3) is 0 Å². The fourth-order valence-electron chi connectivity index (χ4n) is 2.22. The first-order valence-corrected chi connectivity index (χ1v) is 8.91. The van der Waals surface area contributed by atoms with Gasteiger partial charge in [-0.1, -0.05) is 0 Å². The first-order valence-electron chi connectivity index (χ1n) is 6.18. The van der Waals surface area contributed by atoms with Crippen LogP contribution in [0.1, 0.15) is 28.1 Å². The molecule has 7 heteroatoms. The third-order valence-electron chi connectivity index (χ3n) is 3.26. The number of nitrogens with one attached hydrogen (secondary N) is 1. The van der Waals surface area contributed by atoms with Crippen molar-refractivity contribution in [1.82, 2.24) is 9.62 Å². The van der Waals surface area contributed by atoms with Gasteiger partial charge in [-0.05, 0) is 36.8 Å². The number of rotatable bonds is 3. The predicted molar refractivity (Wildman–Crippen MR) is 76.0 cm³/mol. The van der Waals surface area contributed by atoms with E-state index < -0.39 is 10.0 Å². The van der Waals surface area contributed by atoms with Crippen LogP contribution in [0.3, 0.4) is 0 Å². The lowest BCUT2D eigenvalue weighted by atomic mass is 10.1. The topological polar surface area (TPSA) is 66.5 Å². The lowest BCUT2D eigenvalue weighted by Crippen LogP contribution is -2.49. The Balaban J connectivity index is 2.00. The molecule has 0 radical (unpaired) electrons. The average Bonchev–Trinajstić information content (AvgIpc) is 2.75. The van der Waals surface area contributed by atoms with Crippen molar-refractivity contribution in [3.8, 4) is 0 Å². The molecule has 0 saturated carbocycles. The van der Waals surface area contributed by atoms with E-state index in [2.05, 4.69) is 5.32 Å². The maximum Gasteiger partial charge on any atom is 0.261 e. The zero-order valence-electron chi connectivity index (χ0n) is 11.0. The molecule has 0 aromatic carbocycles. The van der Waals surface area contributed by atoms with Gasteiger partial charge in [0.15, 0.2) is 0 Å². The number of aryl methyl sites for hydroxylation is 1. The van der Waals surface area contributed by atoms with Crippen LogP contribution in [-0.2, 0) is 10.0 Å². The second kappa shape index (κ2) is 5.60. The normalized spacial score (nSPS) is 21.3. The molecule has 1 amide bonds. The Labute approximate surface area is 117 Å². The fourth-order valence-corrected chi connectivity index (χ4v) is 3.96. The van der Waals surface area contributed by atoms with Crippen molar-refractivity contribution in [1.29, 1.82) is 0 Å². The molecule has 1 aliphatic heterocycles. The van der Waals surface area contributed by atoms with Crippen molar-refractivity contribution in [3.05, 3.63) is 21.9 Å². The van der Waals surface area contributed by atoms with Gasteiger partial charge >= 0.3 is 0 Å². The second-order valence-electron chi connectivity index (χ2n) is 4.87. The molecule has 5 nitrogen and oxygen atoms in total. The zero-order valence-corrected chi connectivity index (χ0v) is 12.7. The van der Waals surface area contributed by atoms with Crippen molar-refractivity contribution in [2.75, 3.05) is 19.3 Å². The van der Waals surface area contributed by atoms with Crippen molar-refractivity contribution >= 4 is 27.3 Å². The summed E-state index contributed by atoms with van der Waals surface area (Å²) < 4.78 is 24.5. The number of nitrogens with zero attached hydrogens (tertiary/aromatic N) is 1. The summed E-state index contributed by atoms with van der Waals surface area (Å²) >= 11 is 1.41. The Bertz CT molecular complexity index is 565. The third-order valence-corrected chi connectivity index (χ3v) is 5.54. The van der Waals surface area contributed by atoms with Crippen LogP contribution >= 0.6 is 11.3 Å². The summed E-state index contributed by atoms with van der Waals surface area (Å²) in [4.78, 5) is 12.8. The Kier molecular flexibility index (Phi) is 4.27. The van der Waals surface area contributed by atoms with Gasteiger partial charge in [0.05, 0.1) is 11.1 Å². The maximum absolute atomic E-state index is 12.1. The SMILES string of the molecule is Cc1ccsc1C(=O)NC1CCCN(S(C)(=O)=O)C1. The Hall–Kier alpha value is -0.920. The summed E-state index contributed by atoms with van der Waals surface area (Å²) in [5.41, 5.74) is 0.957. The predicted octanol–water partition coefficient (Wildman–Crippen LogP) is 1.21. The van der Waals surface area contributed by atoms with Gasteiger partial charge in [-0.2, -0.15) is 0 Å². The highest BCUT2D eigenvalue weighted by Gasteiger charge is 2.27. The fraction of sp³-hybridized carbons (Fsp3) is 0.583. The van der Waals surface area contributed by atoms with E-state index in [4.69, 9.17) is 0 Å². The van der Waals surface area contributed by atoms with Crippen LogP contribution in [0.15, 0.2) is 11.4 Å². The van der Waals surface area contributed by atoms with Gasteiger partial charge in [0.25, 0.3) is 5.91 Å².